The second kappa shape index (κ2) is 5.22. The van der Waals surface area contributed by atoms with Gasteiger partial charge in [-0.1, -0.05) is 11.8 Å². The molecule has 94 valence electrons. The number of hydrogen-bond donors (Lipinski definition) is 1. The highest BCUT2D eigenvalue weighted by atomic mass is 32.2. The minimum atomic E-state index is -0.866. The predicted octanol–water partition coefficient (Wildman–Crippen LogP) is 2.20. The Morgan fingerprint density at radius 3 is 2.89 bits per heavy atom. The first-order chi connectivity index (χ1) is 8.61. The number of hydrogen-bond acceptors (Lipinski definition) is 5. The average Bonchev–Trinajstić information content (AvgIpc) is 2.38. The Hall–Kier alpha value is -1.82. The zero-order valence-corrected chi connectivity index (χ0v) is 10.8. The van der Waals surface area contributed by atoms with E-state index in [1.165, 1.54) is 18.1 Å². The summed E-state index contributed by atoms with van der Waals surface area (Å²) < 4.78 is 5.15. The summed E-state index contributed by atoms with van der Waals surface area (Å²) in [5, 5.41) is 9.81. The molecule has 0 saturated carbocycles. The number of carbonyl (C=O) groups is 1. The molecule has 0 aliphatic rings. The first-order valence-corrected chi connectivity index (χ1v) is 6.18. The molecule has 5 nitrogen and oxygen atoms in total. The molecule has 0 aliphatic heterocycles. The van der Waals surface area contributed by atoms with Crippen LogP contribution in [0.2, 0.25) is 0 Å². The zero-order chi connectivity index (χ0) is 13.1. The van der Waals surface area contributed by atoms with Gasteiger partial charge in [-0.3, -0.25) is 4.79 Å². The van der Waals surface area contributed by atoms with Gasteiger partial charge in [0.15, 0.2) is 0 Å². The van der Waals surface area contributed by atoms with Crippen LogP contribution in [0.1, 0.15) is 6.92 Å². The molecule has 0 spiro atoms. The molecule has 18 heavy (non-hydrogen) atoms. The molecular weight excluding hydrogens is 252 g/mol. The fourth-order valence-corrected chi connectivity index (χ4v) is 2.28. The van der Waals surface area contributed by atoms with Gasteiger partial charge in [-0.25, -0.2) is 9.97 Å². The number of ether oxygens (including phenoxy) is 1. The van der Waals surface area contributed by atoms with E-state index in [0.29, 0.717) is 10.8 Å². The van der Waals surface area contributed by atoms with Crippen LogP contribution in [0.3, 0.4) is 0 Å². The molecule has 0 aliphatic carbocycles. The molecule has 1 N–H and O–H groups in total. The molecule has 0 radical (unpaired) electrons. The van der Waals surface area contributed by atoms with E-state index in [1.807, 2.05) is 18.2 Å². The Morgan fingerprint density at radius 1 is 1.44 bits per heavy atom. The van der Waals surface area contributed by atoms with Crippen molar-refractivity contribution in [1.82, 2.24) is 9.97 Å². The second-order valence-electron chi connectivity index (χ2n) is 3.66. The van der Waals surface area contributed by atoms with Gasteiger partial charge in [0.2, 0.25) is 0 Å². The van der Waals surface area contributed by atoms with E-state index in [0.717, 1.165) is 10.9 Å². The average molecular weight is 264 g/mol. The van der Waals surface area contributed by atoms with E-state index in [1.54, 1.807) is 14.0 Å². The summed E-state index contributed by atoms with van der Waals surface area (Å²) in [5.41, 5.74) is 0.769. The summed E-state index contributed by atoms with van der Waals surface area (Å²) in [6, 6.07) is 5.45. The van der Waals surface area contributed by atoms with Crippen molar-refractivity contribution in [3.63, 3.8) is 0 Å². The van der Waals surface area contributed by atoms with Crippen LogP contribution < -0.4 is 4.74 Å². The van der Waals surface area contributed by atoms with Crippen molar-refractivity contribution in [1.29, 1.82) is 0 Å². The maximum atomic E-state index is 10.9. The van der Waals surface area contributed by atoms with Crippen LogP contribution in [-0.4, -0.2) is 33.4 Å². The number of carboxylic acids is 1. The van der Waals surface area contributed by atoms with Crippen molar-refractivity contribution in [2.75, 3.05) is 7.11 Å². The summed E-state index contributed by atoms with van der Waals surface area (Å²) >= 11 is 1.19. The second-order valence-corrected chi connectivity index (χ2v) is 4.99. The SMILES string of the molecule is COc1ccc2ncnc(SC(C)C(=O)O)c2c1. The maximum absolute atomic E-state index is 10.9. The lowest BCUT2D eigenvalue weighted by Crippen LogP contribution is -2.11. The van der Waals surface area contributed by atoms with Crippen LogP contribution in [0.4, 0.5) is 0 Å². The lowest BCUT2D eigenvalue weighted by Gasteiger charge is -2.08. The van der Waals surface area contributed by atoms with Gasteiger partial charge < -0.3 is 9.84 Å². The van der Waals surface area contributed by atoms with Crippen molar-refractivity contribution in [3.8, 4) is 5.75 Å². The number of fused-ring (bicyclic) bond motifs is 1. The lowest BCUT2D eigenvalue weighted by atomic mass is 10.2. The summed E-state index contributed by atoms with van der Waals surface area (Å²) in [6.07, 6.45) is 1.44. The van der Waals surface area contributed by atoms with Crippen LogP contribution in [0, 0.1) is 0 Å². The van der Waals surface area contributed by atoms with Crippen LogP contribution >= 0.6 is 11.8 Å². The third-order valence-corrected chi connectivity index (χ3v) is 3.55. The summed E-state index contributed by atoms with van der Waals surface area (Å²) in [5.74, 6) is -0.170. The van der Waals surface area contributed by atoms with E-state index >= 15 is 0 Å². The van der Waals surface area contributed by atoms with Crippen molar-refractivity contribution < 1.29 is 14.6 Å². The van der Waals surface area contributed by atoms with Gasteiger partial charge in [-0.15, -0.1) is 0 Å². The molecule has 2 rings (SSSR count). The third-order valence-electron chi connectivity index (χ3n) is 2.44. The number of aliphatic carboxylic acids is 1. The monoisotopic (exact) mass is 264 g/mol. The molecule has 1 heterocycles. The lowest BCUT2D eigenvalue weighted by molar-refractivity contribution is -0.136. The van der Waals surface area contributed by atoms with Gasteiger partial charge >= 0.3 is 5.97 Å². The largest absolute Gasteiger partial charge is 0.497 e. The molecular formula is C12H12N2O3S. The Morgan fingerprint density at radius 2 is 2.22 bits per heavy atom. The van der Waals surface area contributed by atoms with Crippen molar-refractivity contribution in [3.05, 3.63) is 24.5 Å². The number of nitrogens with zero attached hydrogens (tertiary/aromatic N) is 2. The number of aromatic nitrogens is 2. The Labute approximate surface area is 108 Å². The van der Waals surface area contributed by atoms with E-state index in [4.69, 9.17) is 9.84 Å². The van der Waals surface area contributed by atoms with Gasteiger partial charge in [0.1, 0.15) is 22.4 Å². The highest BCUT2D eigenvalue weighted by molar-refractivity contribution is 8.00. The van der Waals surface area contributed by atoms with E-state index in [2.05, 4.69) is 9.97 Å². The first-order valence-electron chi connectivity index (χ1n) is 5.30. The van der Waals surface area contributed by atoms with Crippen LogP contribution in [0.25, 0.3) is 10.9 Å². The minimum Gasteiger partial charge on any atom is -0.497 e. The molecule has 1 aromatic heterocycles. The molecule has 2 aromatic rings. The Balaban J connectivity index is 2.46. The molecule has 1 unspecified atom stereocenters. The van der Waals surface area contributed by atoms with Gasteiger partial charge in [0.25, 0.3) is 0 Å². The highest BCUT2D eigenvalue weighted by Crippen LogP contribution is 2.30. The Bertz CT molecular complexity index is 589. The molecule has 0 bridgehead atoms. The fourth-order valence-electron chi connectivity index (χ4n) is 1.45. The standard InChI is InChI=1S/C12H12N2O3S/c1-7(12(15)16)18-11-9-5-8(17-2)3-4-10(9)13-6-14-11/h3-7H,1-2H3,(H,15,16). The topological polar surface area (TPSA) is 72.3 Å². The van der Waals surface area contributed by atoms with Gasteiger partial charge in [0.05, 0.1) is 12.6 Å². The number of benzene rings is 1. The van der Waals surface area contributed by atoms with Gasteiger partial charge in [-0.05, 0) is 25.1 Å². The van der Waals surface area contributed by atoms with Gasteiger partial charge in [0, 0.05) is 5.39 Å². The van der Waals surface area contributed by atoms with Crippen LogP contribution in [0.15, 0.2) is 29.6 Å². The number of rotatable bonds is 4. The van der Waals surface area contributed by atoms with Crippen LogP contribution in [0.5, 0.6) is 5.75 Å². The third kappa shape index (κ3) is 2.53. The molecule has 0 saturated heterocycles. The quantitative estimate of drug-likeness (QED) is 0.674. The predicted molar refractivity (Wildman–Crippen MR) is 69.0 cm³/mol. The molecule has 6 heteroatoms. The smallest absolute Gasteiger partial charge is 0.316 e. The molecule has 0 amide bonds. The maximum Gasteiger partial charge on any atom is 0.316 e. The Kier molecular flexibility index (Phi) is 3.66. The zero-order valence-electron chi connectivity index (χ0n) is 9.95. The van der Waals surface area contributed by atoms with Crippen molar-refractivity contribution >= 4 is 28.6 Å². The van der Waals surface area contributed by atoms with Crippen molar-refractivity contribution in [2.24, 2.45) is 0 Å². The summed E-state index contributed by atoms with van der Waals surface area (Å²) in [4.78, 5) is 19.2. The number of carboxylic acid groups (broad SMARTS) is 1. The summed E-state index contributed by atoms with van der Waals surface area (Å²) in [6.45, 7) is 1.63. The van der Waals surface area contributed by atoms with Crippen LogP contribution in [-0.2, 0) is 4.79 Å². The number of methoxy groups -OCH3 is 1. The first kappa shape index (κ1) is 12.6. The summed E-state index contributed by atoms with van der Waals surface area (Å²) in [7, 11) is 1.58. The molecule has 1 atom stereocenters. The van der Waals surface area contributed by atoms with E-state index in [9.17, 15) is 4.79 Å². The number of thioether (sulfide) groups is 1. The normalized spacial score (nSPS) is 12.3. The van der Waals surface area contributed by atoms with Gasteiger partial charge in [-0.2, -0.15) is 0 Å². The highest BCUT2D eigenvalue weighted by Gasteiger charge is 2.15. The molecule has 1 aromatic carbocycles. The minimum absolute atomic E-state index is 0.561. The molecule has 0 fully saturated rings. The van der Waals surface area contributed by atoms with E-state index < -0.39 is 11.2 Å². The fraction of sp³-hybridized carbons (Fsp3) is 0.250. The van der Waals surface area contributed by atoms with E-state index in [-0.39, 0.29) is 0 Å². The van der Waals surface area contributed by atoms with Crippen molar-refractivity contribution in [2.45, 2.75) is 17.2 Å².